The SMILES string of the molecule is CCNC(Cc1ccsc1)Cc1nc2ccccc2s1. The van der Waals surface area contributed by atoms with E-state index in [0.717, 1.165) is 24.9 Å². The van der Waals surface area contributed by atoms with Gasteiger partial charge in [-0.05, 0) is 47.5 Å². The van der Waals surface area contributed by atoms with Gasteiger partial charge >= 0.3 is 0 Å². The summed E-state index contributed by atoms with van der Waals surface area (Å²) in [7, 11) is 0. The third-order valence-corrected chi connectivity index (χ3v) is 5.10. The molecule has 3 aromatic rings. The highest BCUT2D eigenvalue weighted by molar-refractivity contribution is 7.18. The Morgan fingerprint density at radius 2 is 2.10 bits per heavy atom. The van der Waals surface area contributed by atoms with Gasteiger partial charge < -0.3 is 5.32 Å². The first-order valence-electron chi connectivity index (χ1n) is 6.94. The lowest BCUT2D eigenvalue weighted by atomic mass is 10.1. The highest BCUT2D eigenvalue weighted by Crippen LogP contribution is 2.23. The molecule has 20 heavy (non-hydrogen) atoms. The Balaban J connectivity index is 1.74. The summed E-state index contributed by atoms with van der Waals surface area (Å²) in [4.78, 5) is 4.75. The van der Waals surface area contributed by atoms with Crippen molar-refractivity contribution in [3.05, 3.63) is 51.7 Å². The molecule has 0 aliphatic heterocycles. The van der Waals surface area contributed by atoms with Crippen LogP contribution in [0.5, 0.6) is 0 Å². The van der Waals surface area contributed by atoms with E-state index in [1.165, 1.54) is 15.3 Å². The fourth-order valence-corrected chi connectivity index (χ4v) is 4.15. The van der Waals surface area contributed by atoms with Gasteiger partial charge in [0, 0.05) is 12.5 Å². The second-order valence-corrected chi connectivity index (χ2v) is 6.77. The van der Waals surface area contributed by atoms with Crippen molar-refractivity contribution in [3.8, 4) is 0 Å². The summed E-state index contributed by atoms with van der Waals surface area (Å²) < 4.78 is 1.29. The molecule has 0 bridgehead atoms. The minimum absolute atomic E-state index is 0.468. The number of thiophene rings is 1. The highest BCUT2D eigenvalue weighted by atomic mass is 32.1. The number of benzene rings is 1. The standard InChI is InChI=1S/C16H18N2S2/c1-2-17-13(9-12-7-8-19-11-12)10-16-18-14-5-3-4-6-15(14)20-16/h3-8,11,13,17H,2,9-10H2,1H3. The van der Waals surface area contributed by atoms with E-state index in [4.69, 9.17) is 4.98 Å². The second kappa shape index (κ2) is 6.48. The van der Waals surface area contributed by atoms with Crippen molar-refractivity contribution in [1.29, 1.82) is 0 Å². The van der Waals surface area contributed by atoms with Crippen molar-refractivity contribution in [2.24, 2.45) is 0 Å². The van der Waals surface area contributed by atoms with Gasteiger partial charge in [-0.2, -0.15) is 11.3 Å². The minimum Gasteiger partial charge on any atom is -0.314 e. The third-order valence-electron chi connectivity index (χ3n) is 3.31. The third kappa shape index (κ3) is 3.26. The van der Waals surface area contributed by atoms with Gasteiger partial charge in [0.25, 0.3) is 0 Å². The Bertz CT molecular complexity index is 625. The molecule has 0 aliphatic rings. The Hall–Kier alpha value is -1.23. The second-order valence-electron chi connectivity index (χ2n) is 4.87. The van der Waals surface area contributed by atoms with Crippen LogP contribution in [0.1, 0.15) is 17.5 Å². The average Bonchev–Trinajstić information content (AvgIpc) is 3.07. The predicted molar refractivity (Wildman–Crippen MR) is 88.8 cm³/mol. The number of thiazole rings is 1. The molecule has 0 fully saturated rings. The van der Waals surface area contributed by atoms with Gasteiger partial charge in [0.2, 0.25) is 0 Å². The molecule has 4 heteroatoms. The van der Waals surface area contributed by atoms with E-state index < -0.39 is 0 Å². The van der Waals surface area contributed by atoms with E-state index in [0.29, 0.717) is 6.04 Å². The molecule has 3 rings (SSSR count). The smallest absolute Gasteiger partial charge is 0.0954 e. The number of para-hydroxylation sites is 1. The van der Waals surface area contributed by atoms with Gasteiger partial charge in [-0.25, -0.2) is 4.98 Å². The zero-order valence-electron chi connectivity index (χ0n) is 11.5. The largest absolute Gasteiger partial charge is 0.314 e. The van der Waals surface area contributed by atoms with Gasteiger partial charge in [-0.3, -0.25) is 0 Å². The number of nitrogens with zero attached hydrogens (tertiary/aromatic N) is 1. The lowest BCUT2D eigenvalue weighted by molar-refractivity contribution is 0.521. The van der Waals surface area contributed by atoms with Gasteiger partial charge in [0.05, 0.1) is 15.2 Å². The Morgan fingerprint density at radius 3 is 2.85 bits per heavy atom. The molecule has 1 aromatic carbocycles. The molecule has 1 unspecified atom stereocenters. The topological polar surface area (TPSA) is 24.9 Å². The molecule has 0 saturated heterocycles. The van der Waals surface area contributed by atoms with Gasteiger partial charge in [0.15, 0.2) is 0 Å². The first-order chi connectivity index (χ1) is 9.85. The van der Waals surface area contributed by atoms with E-state index in [9.17, 15) is 0 Å². The van der Waals surface area contributed by atoms with Crippen LogP contribution in [0.25, 0.3) is 10.2 Å². The number of nitrogens with one attached hydrogen (secondary N) is 1. The predicted octanol–water partition coefficient (Wildman–Crippen LogP) is 4.12. The van der Waals surface area contributed by atoms with Crippen molar-refractivity contribution in [1.82, 2.24) is 10.3 Å². The molecule has 2 nitrogen and oxygen atoms in total. The fraction of sp³-hybridized carbons (Fsp3) is 0.312. The number of hydrogen-bond donors (Lipinski definition) is 1. The number of hydrogen-bond acceptors (Lipinski definition) is 4. The summed E-state index contributed by atoms with van der Waals surface area (Å²) in [6.45, 7) is 3.17. The maximum Gasteiger partial charge on any atom is 0.0954 e. The van der Waals surface area contributed by atoms with Crippen molar-refractivity contribution in [2.45, 2.75) is 25.8 Å². The summed E-state index contributed by atoms with van der Waals surface area (Å²) in [6.07, 6.45) is 2.08. The molecule has 1 atom stereocenters. The number of likely N-dealkylation sites (N-methyl/N-ethyl adjacent to an activating group) is 1. The molecular formula is C16H18N2S2. The molecule has 0 saturated carbocycles. The van der Waals surface area contributed by atoms with Crippen LogP contribution in [0.4, 0.5) is 0 Å². The quantitative estimate of drug-likeness (QED) is 0.741. The molecule has 0 radical (unpaired) electrons. The van der Waals surface area contributed by atoms with E-state index in [2.05, 4.69) is 53.3 Å². The van der Waals surface area contributed by atoms with Gasteiger partial charge in [0.1, 0.15) is 0 Å². The van der Waals surface area contributed by atoms with Crippen molar-refractivity contribution in [3.63, 3.8) is 0 Å². The fourth-order valence-electron chi connectivity index (χ4n) is 2.42. The number of rotatable bonds is 6. The van der Waals surface area contributed by atoms with E-state index in [1.54, 1.807) is 11.3 Å². The molecular weight excluding hydrogens is 284 g/mol. The molecule has 0 amide bonds. The van der Waals surface area contributed by atoms with Crippen LogP contribution >= 0.6 is 22.7 Å². The number of fused-ring (bicyclic) bond motifs is 1. The first-order valence-corrected chi connectivity index (χ1v) is 8.70. The van der Waals surface area contributed by atoms with Gasteiger partial charge in [-0.1, -0.05) is 19.1 Å². The summed E-state index contributed by atoms with van der Waals surface area (Å²) >= 11 is 3.58. The average molecular weight is 302 g/mol. The lowest BCUT2D eigenvalue weighted by Crippen LogP contribution is -2.32. The Labute approximate surface area is 127 Å². The summed E-state index contributed by atoms with van der Waals surface area (Å²) in [6, 6.07) is 11.1. The summed E-state index contributed by atoms with van der Waals surface area (Å²) in [5.74, 6) is 0. The van der Waals surface area contributed by atoms with Crippen molar-refractivity contribution in [2.75, 3.05) is 6.54 Å². The summed E-state index contributed by atoms with van der Waals surface area (Å²) in [5.41, 5.74) is 2.54. The number of aromatic nitrogens is 1. The van der Waals surface area contributed by atoms with E-state index >= 15 is 0 Å². The van der Waals surface area contributed by atoms with Gasteiger partial charge in [-0.15, -0.1) is 11.3 Å². The van der Waals surface area contributed by atoms with E-state index in [1.807, 2.05) is 11.3 Å². The maximum absolute atomic E-state index is 4.75. The van der Waals surface area contributed by atoms with Crippen LogP contribution in [-0.2, 0) is 12.8 Å². The van der Waals surface area contributed by atoms with Crippen LogP contribution in [-0.4, -0.2) is 17.6 Å². The lowest BCUT2D eigenvalue weighted by Gasteiger charge is -2.15. The van der Waals surface area contributed by atoms with Crippen molar-refractivity contribution >= 4 is 32.9 Å². The zero-order valence-corrected chi connectivity index (χ0v) is 13.1. The molecule has 2 heterocycles. The molecule has 104 valence electrons. The Kier molecular flexibility index (Phi) is 4.45. The minimum atomic E-state index is 0.468. The highest BCUT2D eigenvalue weighted by Gasteiger charge is 2.13. The van der Waals surface area contributed by atoms with Crippen LogP contribution in [0.2, 0.25) is 0 Å². The monoisotopic (exact) mass is 302 g/mol. The molecule has 0 aliphatic carbocycles. The Morgan fingerprint density at radius 1 is 1.20 bits per heavy atom. The zero-order chi connectivity index (χ0) is 13.8. The van der Waals surface area contributed by atoms with Crippen LogP contribution in [0.15, 0.2) is 41.1 Å². The van der Waals surface area contributed by atoms with E-state index in [-0.39, 0.29) is 0 Å². The maximum atomic E-state index is 4.75. The first kappa shape index (κ1) is 13.7. The van der Waals surface area contributed by atoms with Crippen LogP contribution in [0, 0.1) is 0 Å². The van der Waals surface area contributed by atoms with Crippen LogP contribution in [0.3, 0.4) is 0 Å². The van der Waals surface area contributed by atoms with Crippen LogP contribution < -0.4 is 5.32 Å². The molecule has 1 N–H and O–H groups in total. The normalized spacial score (nSPS) is 12.8. The molecule has 0 spiro atoms. The molecule has 2 aromatic heterocycles. The summed E-state index contributed by atoms with van der Waals surface area (Å²) in [5, 5.41) is 9.20. The van der Waals surface area contributed by atoms with Crippen molar-refractivity contribution < 1.29 is 0 Å².